The number of hydrogen-bond acceptors (Lipinski definition) is 5. The van der Waals surface area contributed by atoms with Crippen LogP contribution in [0.2, 0.25) is 39.3 Å². The quantitative estimate of drug-likeness (QED) is 0.329. The molecular weight excluding hydrogens is 412 g/mol. The Hall–Kier alpha value is -2.78. The summed E-state index contributed by atoms with van der Waals surface area (Å²) in [7, 11) is -3.74. The van der Waals surface area contributed by atoms with Crippen molar-refractivity contribution >= 4 is 27.6 Å². The van der Waals surface area contributed by atoms with Crippen molar-refractivity contribution in [2.45, 2.75) is 39.3 Å². The molecule has 0 saturated heterocycles. The molecule has 0 radical (unpaired) electrons. The van der Waals surface area contributed by atoms with Gasteiger partial charge in [-0.05, 0) is 57.0 Å². The largest absolute Gasteiger partial charge is 0.542 e. The number of rotatable bonds is 5. The van der Waals surface area contributed by atoms with Crippen LogP contribution in [0.25, 0.3) is 33.6 Å². The normalized spacial score (nSPS) is 12.5. The summed E-state index contributed by atoms with van der Waals surface area (Å²) >= 11 is 0. The van der Waals surface area contributed by atoms with E-state index in [4.69, 9.17) is 17.7 Å². The fraction of sp³-hybridized carbons (Fsp3) is 0.261. The minimum Gasteiger partial charge on any atom is -0.542 e. The third-order valence-electron chi connectivity index (χ3n) is 4.33. The predicted octanol–water partition coefficient (Wildman–Crippen LogP) is 6.59. The van der Waals surface area contributed by atoms with Crippen LogP contribution in [0.4, 0.5) is 0 Å². The van der Waals surface area contributed by atoms with Crippen LogP contribution >= 0.6 is 0 Å². The second-order valence-corrected chi connectivity index (χ2v) is 18.2. The fourth-order valence-electron chi connectivity index (χ4n) is 3.29. The Morgan fingerprint density at radius 3 is 1.97 bits per heavy atom. The van der Waals surface area contributed by atoms with Crippen LogP contribution < -0.4 is 14.5 Å². The van der Waals surface area contributed by atoms with Crippen LogP contribution in [0.15, 0.2) is 62.2 Å². The smallest absolute Gasteiger partial charge is 0.348 e. The van der Waals surface area contributed by atoms with E-state index >= 15 is 0 Å². The molecule has 0 bridgehead atoms. The Bertz CT molecular complexity index is 1230. The summed E-state index contributed by atoms with van der Waals surface area (Å²) in [6.07, 6.45) is 0. The highest BCUT2D eigenvalue weighted by Crippen LogP contribution is 2.40. The second kappa shape index (κ2) is 7.17. The molecule has 2 aliphatic rings. The lowest BCUT2D eigenvalue weighted by molar-refractivity contribution is 0.487. The van der Waals surface area contributed by atoms with E-state index in [0.29, 0.717) is 34.2 Å². The summed E-state index contributed by atoms with van der Waals surface area (Å²) in [5.74, 6) is 2.25. The van der Waals surface area contributed by atoms with Gasteiger partial charge in [-0.2, -0.15) is 0 Å². The molecule has 0 aromatic heterocycles. The number of hydrogen-bond donors (Lipinski definition) is 0. The van der Waals surface area contributed by atoms with E-state index in [-0.39, 0.29) is 0 Å². The van der Waals surface area contributed by atoms with Crippen LogP contribution in [0.5, 0.6) is 11.5 Å². The van der Waals surface area contributed by atoms with Gasteiger partial charge in [0.25, 0.3) is 0 Å². The van der Waals surface area contributed by atoms with Gasteiger partial charge < -0.3 is 17.7 Å². The third kappa shape index (κ3) is 4.22. The van der Waals surface area contributed by atoms with Crippen molar-refractivity contribution in [1.29, 1.82) is 0 Å². The van der Waals surface area contributed by atoms with E-state index in [1.807, 2.05) is 48.5 Å². The maximum atomic E-state index is 12.6. The number of benzene rings is 2. The standard InChI is InChI=1S/C23H26O5Si2/c1-29(2,3)27-18-12-16-13-20-22(25-17(16)14-19(18)28-30(4,5)6)21(23(24)26-20)15-10-8-7-9-11-15/h7-14H,1-6H3. The topological polar surface area (TPSA) is 61.8 Å². The summed E-state index contributed by atoms with van der Waals surface area (Å²) in [5, 5.41) is 0.798. The molecule has 0 N–H and O–H groups in total. The lowest BCUT2D eigenvalue weighted by Crippen LogP contribution is -2.32. The van der Waals surface area contributed by atoms with Gasteiger partial charge in [0.05, 0.1) is 0 Å². The van der Waals surface area contributed by atoms with Gasteiger partial charge in [0.15, 0.2) is 11.5 Å². The van der Waals surface area contributed by atoms with Gasteiger partial charge in [-0.3, -0.25) is 0 Å². The molecule has 0 saturated carbocycles. The molecule has 0 aliphatic carbocycles. The molecule has 2 aliphatic heterocycles. The van der Waals surface area contributed by atoms with Gasteiger partial charge in [-0.1, -0.05) is 30.3 Å². The van der Waals surface area contributed by atoms with Gasteiger partial charge in [-0.15, -0.1) is 0 Å². The van der Waals surface area contributed by atoms with Crippen LogP contribution in [-0.2, 0) is 0 Å². The average molecular weight is 439 g/mol. The zero-order valence-electron chi connectivity index (χ0n) is 18.2. The molecule has 0 fully saturated rings. The van der Waals surface area contributed by atoms with Gasteiger partial charge >= 0.3 is 5.63 Å². The summed E-state index contributed by atoms with van der Waals surface area (Å²) in [6.45, 7) is 12.8. The lowest BCUT2D eigenvalue weighted by atomic mass is 10.1. The molecule has 0 unspecified atom stereocenters. The third-order valence-corrected chi connectivity index (χ3v) is 5.99. The molecule has 2 aromatic carbocycles. The second-order valence-electron chi connectivity index (χ2n) is 9.34. The van der Waals surface area contributed by atoms with Crippen molar-refractivity contribution < 1.29 is 17.7 Å². The van der Waals surface area contributed by atoms with Crippen molar-refractivity contribution in [3.8, 4) is 34.1 Å². The van der Waals surface area contributed by atoms with Crippen molar-refractivity contribution in [2.24, 2.45) is 0 Å². The van der Waals surface area contributed by atoms with Crippen molar-refractivity contribution in [1.82, 2.24) is 0 Å². The molecule has 5 nitrogen and oxygen atoms in total. The molecular formula is C23H26O5Si2. The van der Waals surface area contributed by atoms with Gasteiger partial charge in [0.1, 0.15) is 22.6 Å². The van der Waals surface area contributed by atoms with Crippen molar-refractivity contribution in [2.75, 3.05) is 0 Å². The molecule has 0 amide bonds. The monoisotopic (exact) mass is 438 g/mol. The van der Waals surface area contributed by atoms with Crippen LogP contribution in [-0.4, -0.2) is 16.6 Å². The predicted molar refractivity (Wildman–Crippen MR) is 125 cm³/mol. The van der Waals surface area contributed by atoms with Crippen LogP contribution in [0.3, 0.4) is 0 Å². The van der Waals surface area contributed by atoms with Crippen LogP contribution in [0, 0.1) is 0 Å². The van der Waals surface area contributed by atoms with Crippen molar-refractivity contribution in [3.05, 3.63) is 59.0 Å². The Morgan fingerprint density at radius 2 is 1.37 bits per heavy atom. The molecule has 2 heterocycles. The van der Waals surface area contributed by atoms with E-state index in [1.165, 1.54) is 0 Å². The maximum Gasteiger partial charge on any atom is 0.348 e. The molecule has 0 atom stereocenters. The molecule has 30 heavy (non-hydrogen) atoms. The number of fused-ring (bicyclic) bond motifs is 2. The SMILES string of the molecule is C[Si](C)(C)Oc1cc2cc3oc(=O)c(-c4ccccc4)c-3oc2cc1O[Si](C)(C)C. The Balaban J connectivity index is 1.95. The zero-order chi connectivity index (χ0) is 21.7. The highest BCUT2D eigenvalue weighted by atomic mass is 28.4. The van der Waals surface area contributed by atoms with Gasteiger partial charge in [0.2, 0.25) is 16.6 Å². The van der Waals surface area contributed by atoms with Crippen LogP contribution in [0.1, 0.15) is 0 Å². The summed E-state index contributed by atoms with van der Waals surface area (Å²) in [6, 6.07) is 15.0. The molecule has 4 rings (SSSR count). The van der Waals surface area contributed by atoms with E-state index in [1.54, 1.807) is 0 Å². The highest BCUT2D eigenvalue weighted by molar-refractivity contribution is 6.71. The first kappa shape index (κ1) is 20.5. The summed E-state index contributed by atoms with van der Waals surface area (Å²) in [5.41, 5.74) is 1.41. The molecule has 7 heteroatoms. The maximum absolute atomic E-state index is 12.6. The zero-order valence-corrected chi connectivity index (χ0v) is 20.2. The molecule has 0 spiro atoms. The first-order valence-corrected chi connectivity index (χ1v) is 16.8. The summed E-state index contributed by atoms with van der Waals surface area (Å²) in [4.78, 5) is 12.6. The van der Waals surface area contributed by atoms with E-state index in [0.717, 1.165) is 10.9 Å². The lowest BCUT2D eigenvalue weighted by Gasteiger charge is -2.26. The Morgan fingerprint density at radius 1 is 0.767 bits per heavy atom. The summed E-state index contributed by atoms with van der Waals surface area (Å²) < 4.78 is 24.3. The van der Waals surface area contributed by atoms with Crippen molar-refractivity contribution in [3.63, 3.8) is 0 Å². The Labute approximate surface area is 177 Å². The average Bonchev–Trinajstić information content (AvgIpc) is 2.93. The highest BCUT2D eigenvalue weighted by Gasteiger charge is 2.27. The first-order valence-electron chi connectivity index (χ1n) is 9.98. The fourth-order valence-corrected chi connectivity index (χ4v) is 4.93. The Kier molecular flexibility index (Phi) is 4.90. The molecule has 156 valence electrons. The first-order chi connectivity index (χ1) is 14.0. The number of furan rings is 1. The van der Waals surface area contributed by atoms with Gasteiger partial charge in [0, 0.05) is 11.5 Å². The van der Waals surface area contributed by atoms with E-state index in [2.05, 4.69) is 39.3 Å². The minimum atomic E-state index is -1.88. The molecule has 2 aromatic rings. The van der Waals surface area contributed by atoms with Gasteiger partial charge in [-0.25, -0.2) is 4.79 Å². The van der Waals surface area contributed by atoms with E-state index < -0.39 is 22.3 Å². The van der Waals surface area contributed by atoms with E-state index in [9.17, 15) is 4.79 Å². The minimum absolute atomic E-state index is 0.410.